The van der Waals surface area contributed by atoms with Gasteiger partial charge in [0.05, 0.1) is 17.5 Å². The summed E-state index contributed by atoms with van der Waals surface area (Å²) in [7, 11) is 3.44. The average molecular weight is 379 g/mol. The van der Waals surface area contributed by atoms with E-state index in [4.69, 9.17) is 11.6 Å². The molecule has 0 saturated heterocycles. The Bertz CT molecular complexity index is 726. The van der Waals surface area contributed by atoms with Crippen LogP contribution in [0.25, 0.3) is 0 Å². The van der Waals surface area contributed by atoms with Crippen LogP contribution in [0.15, 0.2) is 18.2 Å². The molecule has 1 aliphatic rings. The molecule has 0 atom stereocenters. The third-order valence-electron chi connectivity index (χ3n) is 4.99. The van der Waals surface area contributed by atoms with Crippen molar-refractivity contribution in [1.29, 1.82) is 5.26 Å². The van der Waals surface area contributed by atoms with Gasteiger partial charge in [-0.1, -0.05) is 30.9 Å². The van der Waals surface area contributed by atoms with Crippen molar-refractivity contribution in [2.45, 2.75) is 44.2 Å². The summed E-state index contributed by atoms with van der Waals surface area (Å²) in [6, 6.07) is 6.60. The Morgan fingerprint density at radius 1 is 1.35 bits per heavy atom. The number of hydrogen-bond donors (Lipinski definition) is 0. The maximum Gasteiger partial charge on any atom is 0.269 e. The minimum absolute atomic E-state index is 0.0353. The number of rotatable bonds is 6. The minimum atomic E-state index is -0.723. The monoisotopic (exact) mass is 378 g/mol. The van der Waals surface area contributed by atoms with E-state index >= 15 is 0 Å². The molecule has 8 heteroatoms. The molecule has 0 N–H and O–H groups in total. The Labute approximate surface area is 158 Å². The SMILES string of the molecule is CN(CC(=O)N(C)C1(C#N)CCCCC1)Cc1cc([N+](=O)[O-])ccc1Cl. The van der Waals surface area contributed by atoms with Gasteiger partial charge in [0.2, 0.25) is 5.91 Å². The van der Waals surface area contributed by atoms with E-state index < -0.39 is 10.5 Å². The molecular formula is C18H23ClN4O3. The van der Waals surface area contributed by atoms with E-state index in [1.807, 2.05) is 0 Å². The number of nitro benzene ring substituents is 1. The van der Waals surface area contributed by atoms with Gasteiger partial charge in [-0.2, -0.15) is 5.26 Å². The molecule has 2 rings (SSSR count). The molecule has 1 fully saturated rings. The zero-order valence-electron chi connectivity index (χ0n) is 15.1. The van der Waals surface area contributed by atoms with Crippen LogP contribution >= 0.6 is 11.6 Å². The van der Waals surface area contributed by atoms with E-state index in [2.05, 4.69) is 6.07 Å². The lowest BCUT2D eigenvalue weighted by molar-refractivity contribution is -0.384. The standard InChI is InChI=1S/C18H23ClN4O3/c1-21(11-14-10-15(23(25)26)6-7-16(14)19)12-17(24)22(2)18(13-20)8-4-3-5-9-18/h6-7,10H,3-5,8-9,11-12H2,1-2H3. The molecule has 0 aromatic heterocycles. The van der Waals surface area contributed by atoms with Gasteiger partial charge < -0.3 is 4.90 Å². The number of hydrogen-bond acceptors (Lipinski definition) is 5. The Hall–Kier alpha value is -2.17. The molecule has 140 valence electrons. The predicted molar refractivity (Wildman–Crippen MR) is 98.6 cm³/mol. The first-order valence-corrected chi connectivity index (χ1v) is 8.96. The molecule has 0 spiro atoms. The summed E-state index contributed by atoms with van der Waals surface area (Å²) in [4.78, 5) is 26.4. The number of nitrogens with zero attached hydrogens (tertiary/aromatic N) is 4. The van der Waals surface area contributed by atoms with Gasteiger partial charge in [-0.05, 0) is 31.5 Å². The average Bonchev–Trinajstić information content (AvgIpc) is 2.63. The normalized spacial score (nSPS) is 16.1. The van der Waals surface area contributed by atoms with Gasteiger partial charge in [0.25, 0.3) is 5.69 Å². The van der Waals surface area contributed by atoms with Gasteiger partial charge in [0, 0.05) is 30.7 Å². The fraction of sp³-hybridized carbons (Fsp3) is 0.556. The maximum absolute atomic E-state index is 12.7. The lowest BCUT2D eigenvalue weighted by atomic mass is 9.81. The highest BCUT2D eigenvalue weighted by atomic mass is 35.5. The second kappa shape index (κ2) is 8.47. The van der Waals surface area contributed by atoms with Crippen LogP contribution in [-0.4, -0.2) is 46.8 Å². The number of carbonyl (C=O) groups is 1. The smallest absolute Gasteiger partial charge is 0.269 e. The lowest BCUT2D eigenvalue weighted by Crippen LogP contribution is -2.52. The number of nitriles is 1. The van der Waals surface area contributed by atoms with Crippen LogP contribution in [0.4, 0.5) is 5.69 Å². The van der Waals surface area contributed by atoms with Crippen molar-refractivity contribution in [3.63, 3.8) is 0 Å². The van der Waals surface area contributed by atoms with Crippen molar-refractivity contribution < 1.29 is 9.72 Å². The van der Waals surface area contributed by atoms with Crippen molar-refractivity contribution in [2.75, 3.05) is 20.6 Å². The molecule has 0 radical (unpaired) electrons. The van der Waals surface area contributed by atoms with Crippen molar-refractivity contribution in [3.05, 3.63) is 38.9 Å². The van der Waals surface area contributed by atoms with Gasteiger partial charge in [-0.15, -0.1) is 0 Å². The summed E-state index contributed by atoms with van der Waals surface area (Å²) in [5.41, 5.74) is -0.169. The fourth-order valence-corrected chi connectivity index (χ4v) is 3.55. The zero-order valence-corrected chi connectivity index (χ0v) is 15.8. The number of carbonyl (C=O) groups excluding carboxylic acids is 1. The van der Waals surface area contributed by atoms with E-state index in [1.165, 1.54) is 18.2 Å². The second-order valence-corrected chi connectivity index (χ2v) is 7.27. The summed E-state index contributed by atoms with van der Waals surface area (Å²) in [5, 5.41) is 20.9. The molecule has 0 bridgehead atoms. The van der Waals surface area contributed by atoms with Gasteiger partial charge in [0.1, 0.15) is 5.54 Å². The third-order valence-corrected chi connectivity index (χ3v) is 5.36. The number of benzene rings is 1. The zero-order chi connectivity index (χ0) is 19.3. The highest BCUT2D eigenvalue weighted by Gasteiger charge is 2.38. The Kier molecular flexibility index (Phi) is 6.57. The topological polar surface area (TPSA) is 90.5 Å². The van der Waals surface area contributed by atoms with Gasteiger partial charge >= 0.3 is 0 Å². The highest BCUT2D eigenvalue weighted by Crippen LogP contribution is 2.32. The first kappa shape index (κ1) is 20.1. The molecule has 1 aromatic carbocycles. The van der Waals surface area contributed by atoms with Crippen molar-refractivity contribution in [2.24, 2.45) is 0 Å². The largest absolute Gasteiger partial charge is 0.326 e. The quantitative estimate of drug-likeness (QED) is 0.559. The summed E-state index contributed by atoms with van der Waals surface area (Å²) in [5.74, 6) is -0.141. The highest BCUT2D eigenvalue weighted by molar-refractivity contribution is 6.31. The first-order valence-electron chi connectivity index (χ1n) is 8.58. The van der Waals surface area contributed by atoms with Crippen LogP contribution in [0.2, 0.25) is 5.02 Å². The van der Waals surface area contributed by atoms with Crippen LogP contribution in [0, 0.1) is 21.4 Å². The van der Waals surface area contributed by atoms with Crippen molar-refractivity contribution >= 4 is 23.2 Å². The van der Waals surface area contributed by atoms with Gasteiger partial charge in [-0.3, -0.25) is 19.8 Å². The third kappa shape index (κ3) is 4.51. The summed E-state index contributed by atoms with van der Waals surface area (Å²) in [6.45, 7) is 0.415. The fourth-order valence-electron chi connectivity index (χ4n) is 3.38. The molecule has 0 unspecified atom stereocenters. The van der Waals surface area contributed by atoms with Gasteiger partial charge in [-0.25, -0.2) is 0 Å². The minimum Gasteiger partial charge on any atom is -0.326 e. The van der Waals surface area contributed by atoms with Crippen LogP contribution in [0.5, 0.6) is 0 Å². The number of likely N-dealkylation sites (N-methyl/N-ethyl adjacent to an activating group) is 2. The number of non-ortho nitro benzene ring substituents is 1. The van der Waals surface area contributed by atoms with Crippen molar-refractivity contribution in [3.8, 4) is 6.07 Å². The number of nitro groups is 1. The van der Waals surface area contributed by atoms with E-state index in [0.717, 1.165) is 19.3 Å². The second-order valence-electron chi connectivity index (χ2n) is 6.86. The predicted octanol–water partition coefficient (Wildman–Crippen LogP) is 3.36. The Balaban J connectivity index is 2.04. The van der Waals surface area contributed by atoms with Crippen molar-refractivity contribution in [1.82, 2.24) is 9.80 Å². The molecule has 0 heterocycles. The number of halogens is 1. The van der Waals surface area contributed by atoms with E-state index in [-0.39, 0.29) is 18.1 Å². The first-order chi connectivity index (χ1) is 12.3. The molecule has 1 aliphatic carbocycles. The molecule has 7 nitrogen and oxygen atoms in total. The van der Waals surface area contributed by atoms with E-state index in [9.17, 15) is 20.2 Å². The Morgan fingerprint density at radius 3 is 2.58 bits per heavy atom. The molecule has 1 aromatic rings. The summed E-state index contributed by atoms with van der Waals surface area (Å²) in [6.07, 6.45) is 4.39. The van der Waals surface area contributed by atoms with Crippen LogP contribution in [-0.2, 0) is 11.3 Å². The Morgan fingerprint density at radius 2 is 2.00 bits per heavy atom. The van der Waals surface area contributed by atoms with E-state index in [1.54, 1.807) is 23.9 Å². The molecule has 1 amide bonds. The summed E-state index contributed by atoms with van der Waals surface area (Å²) < 4.78 is 0. The van der Waals surface area contributed by atoms with Crippen LogP contribution < -0.4 is 0 Å². The summed E-state index contributed by atoms with van der Waals surface area (Å²) >= 11 is 6.12. The molecular weight excluding hydrogens is 356 g/mol. The lowest BCUT2D eigenvalue weighted by Gasteiger charge is -2.39. The molecule has 0 aliphatic heterocycles. The van der Waals surface area contributed by atoms with E-state index in [0.29, 0.717) is 30.0 Å². The van der Waals surface area contributed by atoms with Crippen LogP contribution in [0.1, 0.15) is 37.7 Å². The van der Waals surface area contributed by atoms with Crippen LogP contribution in [0.3, 0.4) is 0 Å². The number of amides is 1. The maximum atomic E-state index is 12.7. The molecule has 1 saturated carbocycles. The molecule has 26 heavy (non-hydrogen) atoms. The van der Waals surface area contributed by atoms with Gasteiger partial charge in [0.15, 0.2) is 0 Å².